The van der Waals surface area contributed by atoms with Crippen LogP contribution in [-0.2, 0) is 11.2 Å². The predicted molar refractivity (Wildman–Crippen MR) is 120 cm³/mol. The zero-order valence-corrected chi connectivity index (χ0v) is 18.8. The van der Waals surface area contributed by atoms with Crippen LogP contribution < -0.4 is 10.6 Å². The van der Waals surface area contributed by atoms with Crippen LogP contribution in [0, 0.1) is 5.92 Å². The highest BCUT2D eigenvalue weighted by Crippen LogP contribution is 2.24. The number of piperidine rings is 2. The van der Waals surface area contributed by atoms with E-state index in [1.165, 1.54) is 5.56 Å². The van der Waals surface area contributed by atoms with Gasteiger partial charge in [-0.2, -0.15) is 0 Å². The maximum absolute atomic E-state index is 12.7. The number of likely N-dealkylation sites (tertiary alicyclic amines) is 2. The zero-order valence-electron chi connectivity index (χ0n) is 18.8. The largest absolute Gasteiger partial charge is 0.355 e. The number of nitrogens with one attached hydrogen (secondary N) is 2. The number of rotatable bonds is 5. The quantitative estimate of drug-likeness (QED) is 0.778. The molecule has 166 valence electrons. The van der Waals surface area contributed by atoms with Crippen molar-refractivity contribution in [2.45, 2.75) is 64.5 Å². The number of carbonyl (C=O) groups excluding carboxylic acids is 2. The van der Waals surface area contributed by atoms with E-state index in [0.29, 0.717) is 12.6 Å². The van der Waals surface area contributed by atoms with Crippen LogP contribution in [-0.4, -0.2) is 66.0 Å². The van der Waals surface area contributed by atoms with Crippen LogP contribution in [0.5, 0.6) is 0 Å². The third-order valence-corrected chi connectivity index (χ3v) is 6.13. The van der Waals surface area contributed by atoms with E-state index in [-0.39, 0.29) is 23.4 Å². The van der Waals surface area contributed by atoms with Crippen molar-refractivity contribution in [2.75, 3.05) is 32.7 Å². The third kappa shape index (κ3) is 6.73. The van der Waals surface area contributed by atoms with E-state index < -0.39 is 0 Å². The minimum atomic E-state index is -0.206. The summed E-state index contributed by atoms with van der Waals surface area (Å²) in [6, 6.07) is 10.8. The molecule has 0 aromatic heterocycles. The monoisotopic (exact) mass is 414 g/mol. The van der Waals surface area contributed by atoms with E-state index in [2.05, 4.69) is 27.7 Å². The van der Waals surface area contributed by atoms with E-state index in [1.807, 2.05) is 43.9 Å². The fourth-order valence-corrected chi connectivity index (χ4v) is 4.51. The maximum Gasteiger partial charge on any atom is 0.317 e. The Hall–Kier alpha value is -2.08. The van der Waals surface area contributed by atoms with E-state index in [0.717, 1.165) is 58.3 Å². The number of hydrogen-bond acceptors (Lipinski definition) is 3. The van der Waals surface area contributed by atoms with Gasteiger partial charge in [-0.05, 0) is 65.0 Å². The van der Waals surface area contributed by atoms with Crippen LogP contribution in [0.25, 0.3) is 0 Å². The van der Waals surface area contributed by atoms with Crippen LogP contribution in [0.15, 0.2) is 30.3 Å². The topological polar surface area (TPSA) is 64.7 Å². The molecule has 1 aromatic rings. The van der Waals surface area contributed by atoms with Gasteiger partial charge in [0.1, 0.15) is 0 Å². The van der Waals surface area contributed by atoms with E-state index in [4.69, 9.17) is 0 Å². The molecule has 2 fully saturated rings. The summed E-state index contributed by atoms with van der Waals surface area (Å²) in [4.78, 5) is 29.5. The van der Waals surface area contributed by atoms with Crippen LogP contribution in [0.2, 0.25) is 0 Å². The summed E-state index contributed by atoms with van der Waals surface area (Å²) in [5, 5.41) is 6.20. The molecular weight excluding hydrogens is 376 g/mol. The van der Waals surface area contributed by atoms with Crippen LogP contribution in [0.3, 0.4) is 0 Å². The van der Waals surface area contributed by atoms with E-state index in [9.17, 15) is 9.59 Å². The molecule has 3 rings (SSSR count). The molecule has 1 unspecified atom stereocenters. The lowest BCUT2D eigenvalue weighted by atomic mass is 9.93. The molecule has 0 bridgehead atoms. The Morgan fingerprint density at radius 3 is 2.40 bits per heavy atom. The standard InChI is InChI=1S/C24H38N4O2/c1-24(2,3)26-23(30)27-16-12-21(13-17-27)28-15-7-10-20(18-28)22(29)25-14-11-19-8-5-4-6-9-19/h4-6,8-9,20-21H,7,10-18H2,1-3H3,(H,25,29)(H,26,30). The molecule has 1 atom stereocenters. The SMILES string of the molecule is CC(C)(C)NC(=O)N1CCC(N2CCCC(C(=O)NCCc3ccccc3)C2)CC1. The first-order chi connectivity index (χ1) is 14.3. The fraction of sp³-hybridized carbons (Fsp3) is 0.667. The lowest BCUT2D eigenvalue weighted by molar-refractivity contribution is -0.127. The lowest BCUT2D eigenvalue weighted by Gasteiger charge is -2.42. The van der Waals surface area contributed by atoms with Gasteiger partial charge in [0.2, 0.25) is 5.91 Å². The Balaban J connectivity index is 1.41. The molecule has 30 heavy (non-hydrogen) atoms. The average molecular weight is 415 g/mol. The molecule has 1 aromatic carbocycles. The third-order valence-electron chi connectivity index (χ3n) is 6.13. The van der Waals surface area contributed by atoms with Crippen molar-refractivity contribution in [3.8, 4) is 0 Å². The summed E-state index contributed by atoms with van der Waals surface area (Å²) < 4.78 is 0. The van der Waals surface area contributed by atoms with E-state index >= 15 is 0 Å². The van der Waals surface area contributed by atoms with Crippen molar-refractivity contribution in [3.05, 3.63) is 35.9 Å². The minimum absolute atomic E-state index is 0.0373. The summed E-state index contributed by atoms with van der Waals surface area (Å²) >= 11 is 0. The van der Waals surface area contributed by atoms with Gasteiger partial charge in [-0.3, -0.25) is 9.69 Å². The Morgan fingerprint density at radius 1 is 1.03 bits per heavy atom. The van der Waals surface area contributed by atoms with Crippen molar-refractivity contribution in [3.63, 3.8) is 0 Å². The molecule has 2 saturated heterocycles. The van der Waals surface area contributed by atoms with Crippen molar-refractivity contribution < 1.29 is 9.59 Å². The van der Waals surface area contributed by atoms with Gasteiger partial charge in [0.15, 0.2) is 0 Å². The summed E-state index contributed by atoms with van der Waals surface area (Å²) in [5.74, 6) is 0.273. The minimum Gasteiger partial charge on any atom is -0.355 e. The maximum atomic E-state index is 12.7. The first-order valence-electron chi connectivity index (χ1n) is 11.4. The smallest absolute Gasteiger partial charge is 0.317 e. The first-order valence-corrected chi connectivity index (χ1v) is 11.4. The highest BCUT2D eigenvalue weighted by molar-refractivity contribution is 5.79. The average Bonchev–Trinajstić information content (AvgIpc) is 2.73. The normalized spacial score (nSPS) is 21.3. The molecule has 0 spiro atoms. The number of nitrogens with zero attached hydrogens (tertiary/aromatic N) is 2. The molecule has 2 heterocycles. The Morgan fingerprint density at radius 2 is 1.73 bits per heavy atom. The Labute approximate surface area is 181 Å². The molecule has 2 aliphatic rings. The molecule has 0 saturated carbocycles. The highest BCUT2D eigenvalue weighted by atomic mass is 16.2. The van der Waals surface area contributed by atoms with Gasteiger partial charge in [0, 0.05) is 37.8 Å². The van der Waals surface area contributed by atoms with E-state index in [1.54, 1.807) is 0 Å². The van der Waals surface area contributed by atoms with Gasteiger partial charge in [-0.25, -0.2) is 4.79 Å². The number of urea groups is 1. The van der Waals surface area contributed by atoms with Gasteiger partial charge in [0.05, 0.1) is 5.92 Å². The van der Waals surface area contributed by atoms with Gasteiger partial charge in [-0.15, -0.1) is 0 Å². The second kappa shape index (κ2) is 10.3. The van der Waals surface area contributed by atoms with Gasteiger partial charge < -0.3 is 15.5 Å². The summed E-state index contributed by atoms with van der Waals surface area (Å²) in [6.07, 6.45) is 4.89. The Kier molecular flexibility index (Phi) is 7.75. The molecular formula is C24H38N4O2. The molecule has 2 N–H and O–H groups in total. The summed E-state index contributed by atoms with van der Waals surface area (Å²) in [5.41, 5.74) is 1.05. The molecule has 6 nitrogen and oxygen atoms in total. The van der Waals surface area contributed by atoms with Crippen LogP contribution in [0.1, 0.15) is 52.0 Å². The lowest BCUT2D eigenvalue weighted by Crippen LogP contribution is -2.54. The Bertz CT molecular complexity index is 693. The van der Waals surface area contributed by atoms with Crippen molar-refractivity contribution >= 4 is 11.9 Å². The number of hydrogen-bond donors (Lipinski definition) is 2. The molecule has 0 aliphatic carbocycles. The van der Waals surface area contributed by atoms with Gasteiger partial charge in [-0.1, -0.05) is 30.3 Å². The summed E-state index contributed by atoms with van der Waals surface area (Å²) in [7, 11) is 0. The number of amides is 3. The number of benzene rings is 1. The van der Waals surface area contributed by atoms with Gasteiger partial charge in [0.25, 0.3) is 0 Å². The van der Waals surface area contributed by atoms with Crippen LogP contribution >= 0.6 is 0 Å². The van der Waals surface area contributed by atoms with Crippen LogP contribution in [0.4, 0.5) is 4.79 Å². The molecule has 6 heteroatoms. The highest BCUT2D eigenvalue weighted by Gasteiger charge is 2.32. The second-order valence-corrected chi connectivity index (χ2v) is 9.76. The summed E-state index contributed by atoms with van der Waals surface area (Å²) in [6.45, 7) is 10.2. The predicted octanol–water partition coefficient (Wildman–Crippen LogP) is 3.03. The van der Waals surface area contributed by atoms with Crippen molar-refractivity contribution in [1.82, 2.24) is 20.4 Å². The van der Waals surface area contributed by atoms with Crippen molar-refractivity contribution in [2.24, 2.45) is 5.92 Å². The second-order valence-electron chi connectivity index (χ2n) is 9.76. The zero-order chi connectivity index (χ0) is 21.6. The van der Waals surface area contributed by atoms with Crippen molar-refractivity contribution in [1.29, 1.82) is 0 Å². The molecule has 0 radical (unpaired) electrons. The first kappa shape index (κ1) is 22.6. The molecule has 3 amide bonds. The number of carbonyl (C=O) groups is 2. The molecule has 2 aliphatic heterocycles. The van der Waals surface area contributed by atoms with Gasteiger partial charge >= 0.3 is 6.03 Å². The fourth-order valence-electron chi connectivity index (χ4n) is 4.51.